The number of rotatable bonds is 3. The summed E-state index contributed by atoms with van der Waals surface area (Å²) in [7, 11) is -3.47. The van der Waals surface area contributed by atoms with Crippen molar-refractivity contribution in [3.8, 4) is 5.75 Å². The van der Waals surface area contributed by atoms with Crippen LogP contribution < -0.4 is 14.4 Å². The van der Waals surface area contributed by atoms with Crippen LogP contribution in [0.1, 0.15) is 25.7 Å². The summed E-state index contributed by atoms with van der Waals surface area (Å²) in [6.07, 6.45) is 5.03. The van der Waals surface area contributed by atoms with Crippen LogP contribution >= 0.6 is 0 Å². The lowest BCUT2D eigenvalue weighted by Crippen LogP contribution is -2.53. The highest BCUT2D eigenvalue weighted by Gasteiger charge is 2.42. The molecule has 1 aromatic carbocycles. The minimum absolute atomic E-state index is 0.0164. The van der Waals surface area contributed by atoms with Crippen molar-refractivity contribution in [1.29, 1.82) is 0 Å². The molecular weight excluding hydrogens is 328 g/mol. The van der Waals surface area contributed by atoms with Crippen molar-refractivity contribution >= 4 is 21.6 Å². The minimum atomic E-state index is -3.47. The first-order valence-corrected chi connectivity index (χ1v) is 10.3. The fourth-order valence-electron chi connectivity index (χ4n) is 4.35. The fourth-order valence-corrected chi connectivity index (χ4v) is 5.26. The van der Waals surface area contributed by atoms with E-state index in [1.54, 1.807) is 24.3 Å². The summed E-state index contributed by atoms with van der Waals surface area (Å²) in [4.78, 5) is 12.7. The van der Waals surface area contributed by atoms with Crippen molar-refractivity contribution in [2.45, 2.75) is 37.8 Å². The molecule has 6 nitrogen and oxygen atoms in total. The van der Waals surface area contributed by atoms with Crippen molar-refractivity contribution in [2.24, 2.45) is 11.8 Å². The second kappa shape index (κ2) is 5.65. The zero-order chi connectivity index (χ0) is 16.9. The van der Waals surface area contributed by atoms with Crippen molar-refractivity contribution in [3.05, 3.63) is 24.3 Å². The third-order valence-corrected chi connectivity index (χ3v) is 6.64. The first-order valence-electron chi connectivity index (χ1n) is 8.45. The number of ether oxygens (including phenoxy) is 1. The van der Waals surface area contributed by atoms with E-state index in [-0.39, 0.29) is 18.5 Å². The monoisotopic (exact) mass is 350 g/mol. The molecule has 0 saturated heterocycles. The molecule has 1 N–H and O–H groups in total. The van der Waals surface area contributed by atoms with E-state index in [2.05, 4.69) is 5.32 Å². The molecule has 3 aliphatic rings. The number of sulfonamides is 1. The lowest BCUT2D eigenvalue weighted by molar-refractivity contribution is -0.128. The van der Waals surface area contributed by atoms with Crippen LogP contribution in [0.2, 0.25) is 0 Å². The fraction of sp³-hybridized carbons (Fsp3) is 0.588. The predicted molar refractivity (Wildman–Crippen MR) is 90.4 cm³/mol. The van der Waals surface area contributed by atoms with Gasteiger partial charge in [0, 0.05) is 6.04 Å². The average Bonchev–Trinajstić information content (AvgIpc) is 3.15. The largest absolute Gasteiger partial charge is 0.476 e. The van der Waals surface area contributed by atoms with Crippen molar-refractivity contribution in [3.63, 3.8) is 0 Å². The summed E-state index contributed by atoms with van der Waals surface area (Å²) >= 11 is 0. The molecule has 2 aliphatic carbocycles. The van der Waals surface area contributed by atoms with E-state index in [9.17, 15) is 13.2 Å². The van der Waals surface area contributed by atoms with Gasteiger partial charge in [-0.2, -0.15) is 0 Å². The SMILES string of the molecule is CS(=O)(=O)N1C[C@@H](C(=O)N[C@@H]2C[C@@H]3CC[C@@H]2C3)Oc2ccccc21. The van der Waals surface area contributed by atoms with Gasteiger partial charge in [0.15, 0.2) is 6.10 Å². The number of hydrogen-bond acceptors (Lipinski definition) is 4. The molecule has 4 atom stereocenters. The lowest BCUT2D eigenvalue weighted by atomic mass is 9.95. The molecule has 1 heterocycles. The van der Waals surface area contributed by atoms with Crippen LogP contribution in [0.15, 0.2) is 24.3 Å². The molecule has 0 aromatic heterocycles. The van der Waals surface area contributed by atoms with Gasteiger partial charge >= 0.3 is 0 Å². The van der Waals surface area contributed by atoms with Crippen LogP contribution in [0.25, 0.3) is 0 Å². The van der Waals surface area contributed by atoms with E-state index in [4.69, 9.17) is 4.74 Å². The highest BCUT2D eigenvalue weighted by molar-refractivity contribution is 7.92. The summed E-state index contributed by atoms with van der Waals surface area (Å²) < 4.78 is 31.3. The summed E-state index contributed by atoms with van der Waals surface area (Å²) in [5, 5.41) is 3.10. The van der Waals surface area contributed by atoms with E-state index in [1.807, 2.05) is 0 Å². The zero-order valence-corrected chi connectivity index (χ0v) is 14.5. The van der Waals surface area contributed by atoms with Crippen LogP contribution in [0.4, 0.5) is 5.69 Å². The van der Waals surface area contributed by atoms with Crippen molar-refractivity contribution < 1.29 is 17.9 Å². The van der Waals surface area contributed by atoms with E-state index in [0.717, 1.165) is 18.6 Å². The van der Waals surface area contributed by atoms with Gasteiger partial charge in [0.1, 0.15) is 5.75 Å². The van der Waals surface area contributed by atoms with Gasteiger partial charge < -0.3 is 10.1 Å². The van der Waals surface area contributed by atoms with Gasteiger partial charge in [0.2, 0.25) is 10.0 Å². The highest BCUT2D eigenvalue weighted by atomic mass is 32.2. The molecule has 2 fully saturated rings. The molecule has 130 valence electrons. The van der Waals surface area contributed by atoms with E-state index in [0.29, 0.717) is 17.4 Å². The van der Waals surface area contributed by atoms with Crippen LogP contribution in [0, 0.1) is 11.8 Å². The first kappa shape index (κ1) is 15.7. The Morgan fingerprint density at radius 3 is 2.71 bits per heavy atom. The quantitative estimate of drug-likeness (QED) is 0.897. The molecule has 4 rings (SSSR count). The van der Waals surface area contributed by atoms with E-state index in [1.165, 1.54) is 23.6 Å². The maximum atomic E-state index is 12.7. The van der Waals surface area contributed by atoms with Gasteiger partial charge in [-0.25, -0.2) is 8.42 Å². The summed E-state index contributed by atoms with van der Waals surface area (Å²) in [6.45, 7) is 0.0164. The topological polar surface area (TPSA) is 75.7 Å². The molecule has 0 unspecified atom stereocenters. The Balaban J connectivity index is 1.53. The molecule has 1 amide bonds. The number of amides is 1. The molecule has 24 heavy (non-hydrogen) atoms. The Kier molecular flexibility index (Phi) is 3.71. The second-order valence-electron chi connectivity index (χ2n) is 7.16. The predicted octanol–water partition coefficient (Wildman–Crippen LogP) is 1.52. The molecule has 2 saturated carbocycles. The number of hydrogen-bond donors (Lipinski definition) is 1. The van der Waals surface area contributed by atoms with Gasteiger partial charge in [-0.15, -0.1) is 0 Å². The number of para-hydroxylation sites is 2. The summed E-state index contributed by atoms with van der Waals surface area (Å²) in [6, 6.07) is 7.14. The van der Waals surface area contributed by atoms with Gasteiger partial charge in [-0.1, -0.05) is 18.6 Å². The standard InChI is InChI=1S/C17H22N2O4S/c1-24(21,22)19-10-16(23-15-5-3-2-4-14(15)19)17(20)18-13-9-11-6-7-12(13)8-11/h2-5,11-13,16H,6-10H2,1H3,(H,18,20)/t11-,12-,13-,16+/m1/s1. The smallest absolute Gasteiger partial charge is 0.263 e. The second-order valence-corrected chi connectivity index (χ2v) is 9.07. The molecular formula is C17H22N2O4S. The summed E-state index contributed by atoms with van der Waals surface area (Å²) in [5.41, 5.74) is 0.490. The number of fused-ring (bicyclic) bond motifs is 3. The van der Waals surface area contributed by atoms with E-state index < -0.39 is 16.1 Å². The van der Waals surface area contributed by atoms with Crippen LogP contribution in [-0.4, -0.2) is 39.3 Å². The molecule has 0 radical (unpaired) electrons. The average molecular weight is 350 g/mol. The summed E-state index contributed by atoms with van der Waals surface area (Å²) in [5.74, 6) is 1.53. The molecule has 2 bridgehead atoms. The van der Waals surface area contributed by atoms with Crippen molar-refractivity contribution in [2.75, 3.05) is 17.1 Å². The Labute approximate surface area is 142 Å². The van der Waals surface area contributed by atoms with Crippen LogP contribution in [-0.2, 0) is 14.8 Å². The normalized spacial score (nSPS) is 31.5. The van der Waals surface area contributed by atoms with Crippen LogP contribution in [0.5, 0.6) is 5.75 Å². The highest BCUT2D eigenvalue weighted by Crippen LogP contribution is 2.44. The Hall–Kier alpha value is -1.76. The minimum Gasteiger partial charge on any atom is -0.476 e. The Bertz CT molecular complexity index is 764. The molecule has 0 spiro atoms. The molecule has 1 aliphatic heterocycles. The van der Waals surface area contributed by atoms with Gasteiger partial charge in [0.05, 0.1) is 18.5 Å². The Morgan fingerprint density at radius 2 is 2.04 bits per heavy atom. The van der Waals surface area contributed by atoms with E-state index >= 15 is 0 Å². The first-order chi connectivity index (χ1) is 11.4. The Morgan fingerprint density at radius 1 is 1.25 bits per heavy atom. The zero-order valence-electron chi connectivity index (χ0n) is 13.6. The number of carbonyl (C=O) groups excluding carboxylic acids is 1. The number of nitrogens with one attached hydrogen (secondary N) is 1. The number of benzene rings is 1. The van der Waals surface area contributed by atoms with Crippen LogP contribution in [0.3, 0.4) is 0 Å². The maximum absolute atomic E-state index is 12.7. The van der Waals surface area contributed by atoms with Gasteiger partial charge in [-0.3, -0.25) is 9.10 Å². The third kappa shape index (κ3) is 2.75. The van der Waals surface area contributed by atoms with Crippen molar-refractivity contribution in [1.82, 2.24) is 5.32 Å². The molecule has 1 aromatic rings. The van der Waals surface area contributed by atoms with Gasteiger partial charge in [0.25, 0.3) is 5.91 Å². The third-order valence-electron chi connectivity index (χ3n) is 5.49. The van der Waals surface area contributed by atoms with Gasteiger partial charge in [-0.05, 0) is 43.2 Å². The number of carbonyl (C=O) groups is 1. The number of anilines is 1. The molecule has 7 heteroatoms. The lowest BCUT2D eigenvalue weighted by Gasteiger charge is -2.35. The maximum Gasteiger partial charge on any atom is 0.263 e. The number of nitrogens with zero attached hydrogens (tertiary/aromatic N) is 1.